The summed E-state index contributed by atoms with van der Waals surface area (Å²) < 4.78 is 27.7. The molecule has 0 radical (unpaired) electrons. The third-order valence-electron chi connectivity index (χ3n) is 4.63. The zero-order valence-electron chi connectivity index (χ0n) is 15.6. The van der Waals surface area contributed by atoms with Gasteiger partial charge in [-0.05, 0) is 29.6 Å². The summed E-state index contributed by atoms with van der Waals surface area (Å²) in [6, 6.07) is 9.79. The Morgan fingerprint density at radius 1 is 1.07 bits per heavy atom. The van der Waals surface area contributed by atoms with Gasteiger partial charge in [-0.3, -0.25) is 9.59 Å². The molecule has 1 saturated heterocycles. The first kappa shape index (κ1) is 20.5. The van der Waals surface area contributed by atoms with E-state index in [1.807, 2.05) is 24.4 Å². The fraction of sp³-hybridized carbons (Fsp3) is 0.368. The lowest BCUT2D eigenvalue weighted by Gasteiger charge is -2.34. The van der Waals surface area contributed by atoms with Crippen molar-refractivity contribution in [1.29, 1.82) is 0 Å². The van der Waals surface area contributed by atoms with Gasteiger partial charge < -0.3 is 9.80 Å². The lowest BCUT2D eigenvalue weighted by atomic mass is 10.2. The minimum atomic E-state index is -3.71. The first-order chi connectivity index (χ1) is 13.4. The number of amides is 2. The van der Waals surface area contributed by atoms with E-state index in [4.69, 9.17) is 0 Å². The van der Waals surface area contributed by atoms with Gasteiger partial charge >= 0.3 is 0 Å². The minimum absolute atomic E-state index is 0.0645. The van der Waals surface area contributed by atoms with Crippen LogP contribution in [-0.4, -0.2) is 56.2 Å². The number of carbonyl (C=O) groups is 2. The van der Waals surface area contributed by atoms with E-state index in [0.29, 0.717) is 38.2 Å². The van der Waals surface area contributed by atoms with E-state index in [2.05, 4.69) is 4.72 Å². The predicted octanol–water partition coefficient (Wildman–Crippen LogP) is 1.92. The number of thiophene rings is 1. The molecule has 1 N–H and O–H groups in total. The summed E-state index contributed by atoms with van der Waals surface area (Å²) in [5, 5.41) is 1.89. The number of hydrogen-bond acceptors (Lipinski definition) is 5. The fourth-order valence-electron chi connectivity index (χ4n) is 3.02. The van der Waals surface area contributed by atoms with E-state index < -0.39 is 10.0 Å². The number of nitrogens with one attached hydrogen (secondary N) is 1. The normalized spacial score (nSPS) is 14.9. The molecule has 0 bridgehead atoms. The molecular formula is C19H23N3O4S2. The maximum Gasteiger partial charge on any atom is 0.254 e. The molecular weight excluding hydrogens is 398 g/mol. The molecule has 0 saturated carbocycles. The molecule has 2 heterocycles. The van der Waals surface area contributed by atoms with Gasteiger partial charge in [0.2, 0.25) is 15.9 Å². The van der Waals surface area contributed by atoms with Crippen LogP contribution in [0.15, 0.2) is 46.7 Å². The van der Waals surface area contributed by atoms with Crippen molar-refractivity contribution < 1.29 is 18.0 Å². The standard InChI is InChI=1S/C19H23N3O4S2/c1-2-18(23)21-8-10-22(11-9-21)19(24)15-5-3-7-17(13-15)28(25,26)20-14-16-6-4-12-27-16/h3-7,12-13,20H,2,8-11,14H2,1H3. The average Bonchev–Trinajstić information content (AvgIpc) is 3.25. The molecule has 1 fully saturated rings. The van der Waals surface area contributed by atoms with Crippen molar-refractivity contribution >= 4 is 33.2 Å². The third kappa shape index (κ3) is 4.78. The van der Waals surface area contributed by atoms with E-state index in [0.717, 1.165) is 4.88 Å². The van der Waals surface area contributed by atoms with Crippen LogP contribution in [0.25, 0.3) is 0 Å². The third-order valence-corrected chi connectivity index (χ3v) is 6.91. The summed E-state index contributed by atoms with van der Waals surface area (Å²) >= 11 is 1.47. The van der Waals surface area contributed by atoms with Crippen molar-refractivity contribution in [2.24, 2.45) is 0 Å². The second kappa shape index (κ2) is 8.85. The summed E-state index contributed by atoms with van der Waals surface area (Å²) in [4.78, 5) is 28.9. The van der Waals surface area contributed by atoms with Crippen LogP contribution in [0.1, 0.15) is 28.6 Å². The molecule has 9 heteroatoms. The van der Waals surface area contributed by atoms with Crippen molar-refractivity contribution in [3.05, 3.63) is 52.2 Å². The van der Waals surface area contributed by atoms with Crippen LogP contribution < -0.4 is 4.72 Å². The Morgan fingerprint density at radius 2 is 1.79 bits per heavy atom. The van der Waals surface area contributed by atoms with Crippen molar-refractivity contribution in [2.75, 3.05) is 26.2 Å². The quantitative estimate of drug-likeness (QED) is 0.772. The largest absolute Gasteiger partial charge is 0.339 e. The minimum Gasteiger partial charge on any atom is -0.339 e. The SMILES string of the molecule is CCC(=O)N1CCN(C(=O)c2cccc(S(=O)(=O)NCc3cccs3)c2)CC1. The zero-order valence-corrected chi connectivity index (χ0v) is 17.3. The summed E-state index contributed by atoms with van der Waals surface area (Å²) in [5.74, 6) is -0.143. The van der Waals surface area contributed by atoms with E-state index in [-0.39, 0.29) is 23.3 Å². The summed E-state index contributed by atoms with van der Waals surface area (Å²) in [7, 11) is -3.71. The second-order valence-corrected chi connectivity index (χ2v) is 9.26. The Bertz CT molecular complexity index is 934. The van der Waals surface area contributed by atoms with Crippen LogP contribution in [0.2, 0.25) is 0 Å². The van der Waals surface area contributed by atoms with Gasteiger partial charge in [-0.15, -0.1) is 11.3 Å². The van der Waals surface area contributed by atoms with Gasteiger partial charge in [-0.25, -0.2) is 13.1 Å². The van der Waals surface area contributed by atoms with Gasteiger partial charge in [0.25, 0.3) is 5.91 Å². The highest BCUT2D eigenvalue weighted by Gasteiger charge is 2.25. The molecule has 0 aliphatic carbocycles. The molecule has 28 heavy (non-hydrogen) atoms. The number of nitrogens with zero attached hydrogens (tertiary/aromatic N) is 2. The van der Waals surface area contributed by atoms with Gasteiger partial charge in [0.05, 0.1) is 4.90 Å². The molecule has 1 aliphatic rings. The van der Waals surface area contributed by atoms with Crippen molar-refractivity contribution in [3.63, 3.8) is 0 Å². The Morgan fingerprint density at radius 3 is 2.43 bits per heavy atom. The number of rotatable bonds is 6. The number of piperazine rings is 1. The van der Waals surface area contributed by atoms with Gasteiger partial charge in [0.15, 0.2) is 0 Å². The highest BCUT2D eigenvalue weighted by Crippen LogP contribution is 2.16. The van der Waals surface area contributed by atoms with Gasteiger partial charge in [0.1, 0.15) is 0 Å². The lowest BCUT2D eigenvalue weighted by Crippen LogP contribution is -2.50. The highest BCUT2D eigenvalue weighted by molar-refractivity contribution is 7.89. The van der Waals surface area contributed by atoms with Crippen molar-refractivity contribution in [2.45, 2.75) is 24.8 Å². The van der Waals surface area contributed by atoms with Gasteiger partial charge in [-0.2, -0.15) is 0 Å². The first-order valence-electron chi connectivity index (χ1n) is 9.10. The van der Waals surface area contributed by atoms with Crippen LogP contribution in [0.3, 0.4) is 0 Å². The highest BCUT2D eigenvalue weighted by atomic mass is 32.2. The van der Waals surface area contributed by atoms with Gasteiger partial charge in [-0.1, -0.05) is 19.1 Å². The Labute approximate surface area is 169 Å². The summed E-state index contributed by atoms with van der Waals surface area (Å²) in [6.07, 6.45) is 0.451. The number of hydrogen-bond donors (Lipinski definition) is 1. The van der Waals surface area contributed by atoms with Crippen LogP contribution in [0, 0.1) is 0 Å². The van der Waals surface area contributed by atoms with Gasteiger partial charge in [0, 0.05) is 49.6 Å². The maximum absolute atomic E-state index is 12.8. The lowest BCUT2D eigenvalue weighted by molar-refractivity contribution is -0.132. The molecule has 2 amide bonds. The number of sulfonamides is 1. The molecule has 0 spiro atoms. The zero-order chi connectivity index (χ0) is 20.1. The van der Waals surface area contributed by atoms with Crippen molar-refractivity contribution in [3.8, 4) is 0 Å². The molecule has 1 aromatic heterocycles. The summed E-state index contributed by atoms with van der Waals surface area (Å²) in [6.45, 7) is 3.91. The fourth-order valence-corrected chi connectivity index (χ4v) is 4.81. The number of benzene rings is 1. The maximum atomic E-state index is 12.8. The van der Waals surface area contributed by atoms with Crippen LogP contribution in [-0.2, 0) is 21.4 Å². The monoisotopic (exact) mass is 421 g/mol. The van der Waals surface area contributed by atoms with E-state index in [9.17, 15) is 18.0 Å². The first-order valence-corrected chi connectivity index (χ1v) is 11.5. The molecule has 7 nitrogen and oxygen atoms in total. The average molecular weight is 422 g/mol. The van der Waals surface area contributed by atoms with Crippen molar-refractivity contribution in [1.82, 2.24) is 14.5 Å². The molecule has 3 rings (SSSR count). The molecule has 2 aromatic rings. The molecule has 0 unspecified atom stereocenters. The van der Waals surface area contributed by atoms with E-state index >= 15 is 0 Å². The Kier molecular flexibility index (Phi) is 6.48. The summed E-state index contributed by atoms with van der Waals surface area (Å²) in [5.41, 5.74) is 0.328. The molecule has 1 aromatic carbocycles. The topological polar surface area (TPSA) is 86.8 Å². The Hall–Kier alpha value is -2.23. The van der Waals surface area contributed by atoms with Crippen LogP contribution in [0.4, 0.5) is 0 Å². The second-order valence-electron chi connectivity index (χ2n) is 6.46. The van der Waals surface area contributed by atoms with E-state index in [1.165, 1.54) is 23.5 Å². The number of carbonyl (C=O) groups excluding carboxylic acids is 2. The predicted molar refractivity (Wildman–Crippen MR) is 108 cm³/mol. The van der Waals surface area contributed by atoms with Crippen LogP contribution in [0.5, 0.6) is 0 Å². The molecule has 150 valence electrons. The van der Waals surface area contributed by atoms with E-state index in [1.54, 1.807) is 21.9 Å². The van der Waals surface area contributed by atoms with Crippen LogP contribution >= 0.6 is 11.3 Å². The molecule has 1 aliphatic heterocycles. The molecule has 0 atom stereocenters. The smallest absolute Gasteiger partial charge is 0.254 e. The Balaban J connectivity index is 1.67.